The Labute approximate surface area is 231 Å². The third kappa shape index (κ3) is 6.19. The summed E-state index contributed by atoms with van der Waals surface area (Å²) in [6.07, 6.45) is 3.30. The van der Waals surface area contributed by atoms with Gasteiger partial charge in [-0.15, -0.1) is 0 Å². The molecule has 0 saturated heterocycles. The summed E-state index contributed by atoms with van der Waals surface area (Å²) < 4.78 is 33.6. The second-order valence-corrected chi connectivity index (χ2v) is 10.0. The van der Waals surface area contributed by atoms with Crippen LogP contribution in [0.25, 0.3) is 16.9 Å². The van der Waals surface area contributed by atoms with E-state index in [4.69, 9.17) is 25.8 Å². The summed E-state index contributed by atoms with van der Waals surface area (Å²) >= 11 is 6.20. The molecule has 3 aromatic rings. The van der Waals surface area contributed by atoms with Crippen LogP contribution in [0.5, 0.6) is 0 Å². The fourth-order valence-electron chi connectivity index (χ4n) is 4.91. The Bertz CT molecular complexity index is 1360. The quantitative estimate of drug-likeness (QED) is 0.243. The maximum absolute atomic E-state index is 15.3. The Balaban J connectivity index is 1.73. The van der Waals surface area contributed by atoms with Crippen LogP contribution in [0.15, 0.2) is 41.9 Å². The molecule has 0 amide bonds. The zero-order chi connectivity index (χ0) is 28.3. The summed E-state index contributed by atoms with van der Waals surface area (Å²) in [6.45, 7) is 2.15. The van der Waals surface area contributed by atoms with Crippen molar-refractivity contribution >= 4 is 23.2 Å². The van der Waals surface area contributed by atoms with Gasteiger partial charge in [-0.05, 0) is 55.5 Å². The summed E-state index contributed by atoms with van der Waals surface area (Å²) in [7, 11) is 4.70. The van der Waals surface area contributed by atoms with E-state index in [1.54, 1.807) is 51.0 Å². The first-order chi connectivity index (χ1) is 18.7. The lowest BCUT2D eigenvalue weighted by atomic mass is 9.92. The van der Waals surface area contributed by atoms with Crippen LogP contribution in [0, 0.1) is 12.7 Å². The number of aryl methyl sites for hydroxylation is 1. The Kier molecular flexibility index (Phi) is 9.12. The molecule has 0 aliphatic heterocycles. The highest BCUT2D eigenvalue weighted by molar-refractivity contribution is 6.30. The molecule has 2 N–H and O–H groups in total. The Hall–Kier alpha value is -3.18. The van der Waals surface area contributed by atoms with Gasteiger partial charge in [0.25, 0.3) is 0 Å². The molecule has 1 atom stereocenters. The van der Waals surface area contributed by atoms with Gasteiger partial charge in [0.2, 0.25) is 0 Å². The van der Waals surface area contributed by atoms with E-state index in [0.717, 1.165) is 30.9 Å². The van der Waals surface area contributed by atoms with Gasteiger partial charge in [0.05, 0.1) is 36.7 Å². The number of benzene rings is 1. The molecule has 1 aliphatic rings. The number of aromatic nitrogens is 2. The normalized spacial score (nSPS) is 14.0. The maximum Gasteiger partial charge on any atom is 0.335 e. The molecule has 2 heterocycles. The van der Waals surface area contributed by atoms with E-state index >= 15 is 4.39 Å². The van der Waals surface area contributed by atoms with Gasteiger partial charge in [-0.1, -0.05) is 11.6 Å². The number of hydrogen-bond acceptors (Lipinski definition) is 7. The number of methoxy groups -OCH3 is 3. The van der Waals surface area contributed by atoms with Crippen molar-refractivity contribution in [1.29, 1.82) is 0 Å². The molecule has 11 heteroatoms. The van der Waals surface area contributed by atoms with Crippen molar-refractivity contribution in [2.75, 3.05) is 34.4 Å². The Morgan fingerprint density at radius 1 is 1.21 bits per heavy atom. The Morgan fingerprint density at radius 2 is 1.92 bits per heavy atom. The van der Waals surface area contributed by atoms with Crippen LogP contribution < -0.4 is 0 Å². The molecular weight excluding hydrogens is 529 g/mol. The van der Waals surface area contributed by atoms with Crippen molar-refractivity contribution in [3.63, 3.8) is 0 Å². The topological polar surface area (TPSA) is 106 Å². The van der Waals surface area contributed by atoms with Crippen LogP contribution in [0.2, 0.25) is 5.02 Å². The number of nitrogens with zero attached hydrogens (tertiary/aromatic N) is 3. The molecule has 1 saturated carbocycles. The number of ether oxygens (including phenoxy) is 3. The zero-order valence-corrected chi connectivity index (χ0v) is 23.2. The molecule has 2 aromatic heterocycles. The van der Waals surface area contributed by atoms with Crippen molar-refractivity contribution in [1.82, 2.24) is 14.3 Å². The van der Waals surface area contributed by atoms with Crippen LogP contribution in [-0.2, 0) is 20.6 Å². The van der Waals surface area contributed by atoms with Crippen LogP contribution in [0.1, 0.15) is 40.9 Å². The monoisotopic (exact) mass is 561 g/mol. The number of halogens is 2. The smallest absolute Gasteiger partial charge is 0.335 e. The van der Waals surface area contributed by atoms with Gasteiger partial charge < -0.3 is 33.7 Å². The van der Waals surface area contributed by atoms with Crippen LogP contribution in [0.4, 0.5) is 4.39 Å². The maximum atomic E-state index is 15.3. The number of carboxylic acids is 1. The minimum atomic E-state index is -1.22. The predicted molar refractivity (Wildman–Crippen MR) is 144 cm³/mol. The lowest BCUT2D eigenvalue weighted by molar-refractivity contribution is -0.120. The molecule has 0 radical (unpaired) electrons. The number of fused-ring (bicyclic) bond motifs is 1. The largest absolute Gasteiger partial charge is 0.482 e. The fraction of sp³-hybridized carbons (Fsp3) is 0.429. The third-order valence-corrected chi connectivity index (χ3v) is 7.19. The summed E-state index contributed by atoms with van der Waals surface area (Å²) in [4.78, 5) is 18.0. The first-order valence-electron chi connectivity index (χ1n) is 12.6. The molecule has 0 unspecified atom stereocenters. The van der Waals surface area contributed by atoms with E-state index < -0.39 is 24.2 Å². The average molecular weight is 562 g/mol. The molecule has 1 fully saturated rings. The highest BCUT2D eigenvalue weighted by Gasteiger charge is 2.28. The number of allylic oxidation sites excluding steroid dienone is 1. The molecule has 0 bridgehead atoms. The van der Waals surface area contributed by atoms with E-state index in [9.17, 15) is 15.0 Å². The van der Waals surface area contributed by atoms with Crippen molar-refractivity contribution in [2.45, 2.75) is 45.0 Å². The third-order valence-electron chi connectivity index (χ3n) is 6.95. The highest BCUT2D eigenvalue weighted by atomic mass is 35.5. The van der Waals surface area contributed by atoms with E-state index in [0.29, 0.717) is 40.0 Å². The molecule has 4 rings (SSSR count). The SMILES string of the molecule is COC(=C1CCC1)N(CC(OC)OC)C[C@@H](O)Cc1c(-c2c(C)cc(C(=O)O)cc2F)nc2cc(Cl)ccn12. The molecule has 39 heavy (non-hydrogen) atoms. The van der Waals surface area contributed by atoms with Gasteiger partial charge in [-0.25, -0.2) is 14.2 Å². The zero-order valence-electron chi connectivity index (χ0n) is 22.4. The molecule has 210 valence electrons. The number of aliphatic hydroxyl groups is 1. The number of pyridine rings is 1. The van der Waals surface area contributed by atoms with E-state index in [-0.39, 0.29) is 24.1 Å². The standard InChI is InChI=1S/C28H33ClFN3O6/c1-16-10-18(28(35)36)11-21(30)25(16)26-22(33-9-8-19(29)12-23(33)31-26)13-20(34)14-32(15-24(37-2)38-3)27(39-4)17-6-5-7-17/h8-12,20,24,34H,5-7,13-15H2,1-4H3,(H,35,36)/t20-/m0/s1. The first-order valence-corrected chi connectivity index (χ1v) is 13.0. The second-order valence-electron chi connectivity index (χ2n) is 9.57. The molecule has 1 aliphatic carbocycles. The lowest BCUT2D eigenvalue weighted by Gasteiger charge is -2.34. The summed E-state index contributed by atoms with van der Waals surface area (Å²) in [6, 6.07) is 5.72. The van der Waals surface area contributed by atoms with Crippen molar-refractivity contribution < 1.29 is 33.6 Å². The number of carboxylic acid groups (broad SMARTS) is 1. The van der Waals surface area contributed by atoms with Gasteiger partial charge in [0.15, 0.2) is 12.2 Å². The lowest BCUT2D eigenvalue weighted by Crippen LogP contribution is -2.41. The van der Waals surface area contributed by atoms with Crippen molar-refractivity contribution in [2.24, 2.45) is 0 Å². The highest BCUT2D eigenvalue weighted by Crippen LogP contribution is 2.34. The fourth-order valence-corrected chi connectivity index (χ4v) is 5.06. The van der Waals surface area contributed by atoms with Gasteiger partial charge in [0, 0.05) is 50.0 Å². The van der Waals surface area contributed by atoms with Gasteiger partial charge in [-0.3, -0.25) is 0 Å². The number of aromatic carboxylic acids is 1. The summed E-state index contributed by atoms with van der Waals surface area (Å²) in [5, 5.41) is 21.2. The molecular formula is C28H33ClFN3O6. The van der Waals surface area contributed by atoms with Crippen LogP contribution >= 0.6 is 11.6 Å². The Morgan fingerprint density at radius 3 is 2.49 bits per heavy atom. The molecule has 9 nitrogen and oxygen atoms in total. The minimum absolute atomic E-state index is 0.116. The van der Waals surface area contributed by atoms with Gasteiger partial charge >= 0.3 is 5.97 Å². The predicted octanol–water partition coefficient (Wildman–Crippen LogP) is 4.67. The number of hydrogen-bond donors (Lipinski definition) is 2. The van der Waals surface area contributed by atoms with E-state index in [1.807, 2.05) is 4.90 Å². The summed E-state index contributed by atoms with van der Waals surface area (Å²) in [5.74, 6) is -1.24. The van der Waals surface area contributed by atoms with Crippen molar-refractivity contribution in [3.8, 4) is 11.3 Å². The number of rotatable bonds is 12. The van der Waals surface area contributed by atoms with Crippen molar-refractivity contribution in [3.05, 3.63) is 69.6 Å². The van der Waals surface area contributed by atoms with Gasteiger partial charge in [0.1, 0.15) is 11.5 Å². The summed E-state index contributed by atoms with van der Waals surface area (Å²) in [5.41, 5.74) is 2.95. The molecule has 1 aromatic carbocycles. The second kappa shape index (κ2) is 12.3. The van der Waals surface area contributed by atoms with Crippen LogP contribution in [0.3, 0.4) is 0 Å². The number of aliphatic hydroxyl groups excluding tert-OH is 1. The number of imidazole rings is 1. The first kappa shape index (κ1) is 28.8. The molecule has 0 spiro atoms. The van der Waals surface area contributed by atoms with Gasteiger partial charge in [-0.2, -0.15) is 0 Å². The van der Waals surface area contributed by atoms with Crippen LogP contribution in [-0.4, -0.2) is 77.3 Å². The minimum Gasteiger partial charge on any atom is -0.482 e. The van der Waals surface area contributed by atoms with E-state index in [1.165, 1.54) is 6.07 Å². The number of carbonyl (C=O) groups is 1. The van der Waals surface area contributed by atoms with E-state index in [2.05, 4.69) is 4.98 Å². The average Bonchev–Trinajstić information content (AvgIpc) is 3.19.